The van der Waals surface area contributed by atoms with Crippen molar-refractivity contribution in [2.75, 3.05) is 0 Å². The Hall–Kier alpha value is -3.65. The minimum Gasteiger partial charge on any atom is -0.384 e. The van der Waals surface area contributed by atoms with E-state index in [1.165, 1.54) is 0 Å². The lowest BCUT2D eigenvalue weighted by Crippen LogP contribution is -2.34. The SMILES string of the molecule is N=C(N)c1ccc2cc(C(=O)NS(=O)(=O)C3CC3)n(Cc3cccc4ccccc34)c2c1. The van der Waals surface area contributed by atoms with Crippen LogP contribution in [0.5, 0.6) is 0 Å². The number of carbonyl (C=O) groups excluding carboxylic acids is 1. The third-order valence-electron chi connectivity index (χ3n) is 5.85. The van der Waals surface area contributed by atoms with Gasteiger partial charge in [0.15, 0.2) is 0 Å². The van der Waals surface area contributed by atoms with Crippen molar-refractivity contribution in [3.8, 4) is 0 Å². The highest BCUT2D eigenvalue weighted by molar-refractivity contribution is 7.91. The maximum Gasteiger partial charge on any atom is 0.281 e. The molecule has 32 heavy (non-hydrogen) atoms. The van der Waals surface area contributed by atoms with Crippen LogP contribution in [-0.2, 0) is 16.6 Å². The third-order valence-corrected chi connectivity index (χ3v) is 7.67. The number of benzene rings is 3. The summed E-state index contributed by atoms with van der Waals surface area (Å²) < 4.78 is 28.8. The van der Waals surface area contributed by atoms with Gasteiger partial charge in [-0.3, -0.25) is 10.2 Å². The standard InChI is InChI=1S/C24H22N4O3S/c25-23(26)17-9-8-16-12-22(24(29)27-32(30,31)19-10-11-19)28(21(16)13-17)14-18-6-3-5-15-4-1-2-7-20(15)18/h1-9,12-13,19H,10-11,14H2,(H3,25,26)(H,27,29). The smallest absolute Gasteiger partial charge is 0.281 e. The Morgan fingerprint density at radius 1 is 1.03 bits per heavy atom. The highest BCUT2D eigenvalue weighted by Gasteiger charge is 2.37. The van der Waals surface area contributed by atoms with Crippen molar-refractivity contribution in [2.24, 2.45) is 5.73 Å². The minimum absolute atomic E-state index is 0.0767. The summed E-state index contributed by atoms with van der Waals surface area (Å²) in [5, 5.41) is 10.2. The summed E-state index contributed by atoms with van der Waals surface area (Å²) >= 11 is 0. The molecular weight excluding hydrogens is 424 g/mol. The van der Waals surface area contributed by atoms with Gasteiger partial charge in [0.1, 0.15) is 11.5 Å². The van der Waals surface area contributed by atoms with E-state index in [1.54, 1.807) is 28.8 Å². The number of aromatic nitrogens is 1. The maximum atomic E-state index is 13.1. The first-order valence-corrected chi connectivity index (χ1v) is 11.9. The number of hydrogen-bond donors (Lipinski definition) is 3. The zero-order chi connectivity index (χ0) is 22.5. The van der Waals surface area contributed by atoms with Crippen LogP contribution in [0.4, 0.5) is 0 Å². The average Bonchev–Trinajstić information content (AvgIpc) is 3.57. The first-order chi connectivity index (χ1) is 15.3. The van der Waals surface area contributed by atoms with Crippen molar-refractivity contribution < 1.29 is 13.2 Å². The molecule has 1 aliphatic rings. The van der Waals surface area contributed by atoms with Gasteiger partial charge in [0, 0.05) is 23.0 Å². The fraction of sp³-hybridized carbons (Fsp3) is 0.167. The lowest BCUT2D eigenvalue weighted by atomic mass is 10.0. The Bertz CT molecular complexity index is 1500. The van der Waals surface area contributed by atoms with Crippen molar-refractivity contribution >= 4 is 43.4 Å². The number of amides is 1. The topological polar surface area (TPSA) is 118 Å². The Labute approximate surface area is 185 Å². The summed E-state index contributed by atoms with van der Waals surface area (Å²) in [5.74, 6) is -0.732. The lowest BCUT2D eigenvalue weighted by molar-refractivity contribution is 0.0973. The number of carbonyl (C=O) groups is 1. The second-order valence-electron chi connectivity index (χ2n) is 8.12. The quantitative estimate of drug-likeness (QED) is 0.311. The molecule has 0 saturated heterocycles. The Morgan fingerprint density at radius 2 is 1.78 bits per heavy atom. The van der Waals surface area contributed by atoms with Gasteiger partial charge in [0.25, 0.3) is 5.91 Å². The molecule has 1 aliphatic carbocycles. The summed E-state index contributed by atoms with van der Waals surface area (Å²) in [6, 6.07) is 20.9. The Balaban J connectivity index is 1.65. The predicted molar refractivity (Wildman–Crippen MR) is 125 cm³/mol. The van der Waals surface area contributed by atoms with E-state index in [-0.39, 0.29) is 11.5 Å². The molecule has 4 N–H and O–H groups in total. The van der Waals surface area contributed by atoms with E-state index < -0.39 is 21.2 Å². The summed E-state index contributed by atoms with van der Waals surface area (Å²) in [4.78, 5) is 13.1. The molecule has 0 radical (unpaired) electrons. The van der Waals surface area contributed by atoms with E-state index in [2.05, 4.69) is 4.72 Å². The third kappa shape index (κ3) is 3.62. The molecule has 1 saturated carbocycles. The molecule has 1 heterocycles. The number of fused-ring (bicyclic) bond motifs is 2. The van der Waals surface area contributed by atoms with Gasteiger partial charge in [0.05, 0.1) is 5.25 Å². The van der Waals surface area contributed by atoms with Crippen molar-refractivity contribution in [1.82, 2.24) is 9.29 Å². The highest BCUT2D eigenvalue weighted by atomic mass is 32.2. The Kier molecular flexibility index (Phi) is 4.74. The monoisotopic (exact) mass is 446 g/mol. The second kappa shape index (κ2) is 7.49. The van der Waals surface area contributed by atoms with Crippen molar-refractivity contribution in [2.45, 2.75) is 24.6 Å². The zero-order valence-electron chi connectivity index (χ0n) is 17.2. The number of nitrogens with zero attached hydrogens (tertiary/aromatic N) is 1. The van der Waals surface area contributed by atoms with Gasteiger partial charge in [-0.1, -0.05) is 54.6 Å². The van der Waals surface area contributed by atoms with E-state index in [4.69, 9.17) is 11.1 Å². The molecule has 1 aromatic heterocycles. The number of nitrogen functional groups attached to an aromatic ring is 1. The van der Waals surface area contributed by atoms with Crippen LogP contribution in [0, 0.1) is 5.41 Å². The average molecular weight is 447 g/mol. The van der Waals surface area contributed by atoms with Crippen LogP contribution < -0.4 is 10.5 Å². The first-order valence-electron chi connectivity index (χ1n) is 10.3. The fourth-order valence-electron chi connectivity index (χ4n) is 4.02. The molecule has 0 spiro atoms. The molecule has 0 unspecified atom stereocenters. The van der Waals surface area contributed by atoms with Crippen LogP contribution in [0.15, 0.2) is 66.7 Å². The van der Waals surface area contributed by atoms with E-state index in [0.717, 1.165) is 21.7 Å². The molecule has 1 fully saturated rings. The summed E-state index contributed by atoms with van der Waals surface area (Å²) in [6.07, 6.45) is 1.15. The molecule has 162 valence electrons. The van der Waals surface area contributed by atoms with E-state index >= 15 is 0 Å². The van der Waals surface area contributed by atoms with Crippen LogP contribution in [0.25, 0.3) is 21.7 Å². The summed E-state index contributed by atoms with van der Waals surface area (Å²) in [7, 11) is -3.68. The molecule has 0 bridgehead atoms. The Morgan fingerprint density at radius 3 is 2.53 bits per heavy atom. The van der Waals surface area contributed by atoms with E-state index in [9.17, 15) is 13.2 Å². The van der Waals surface area contributed by atoms with E-state index in [1.807, 2.05) is 42.5 Å². The van der Waals surface area contributed by atoms with Gasteiger partial charge in [-0.15, -0.1) is 0 Å². The van der Waals surface area contributed by atoms with Gasteiger partial charge < -0.3 is 10.3 Å². The van der Waals surface area contributed by atoms with Crippen LogP contribution in [0.2, 0.25) is 0 Å². The molecule has 4 aromatic rings. The van der Waals surface area contributed by atoms with Crippen LogP contribution in [0.1, 0.15) is 34.5 Å². The number of nitrogens with one attached hydrogen (secondary N) is 2. The van der Waals surface area contributed by atoms with Crippen LogP contribution in [0.3, 0.4) is 0 Å². The summed E-state index contributed by atoms with van der Waals surface area (Å²) in [6.45, 7) is 0.360. The normalized spacial score (nSPS) is 14.0. The van der Waals surface area contributed by atoms with Gasteiger partial charge >= 0.3 is 0 Å². The van der Waals surface area contributed by atoms with E-state index in [0.29, 0.717) is 30.5 Å². The van der Waals surface area contributed by atoms with Gasteiger partial charge in [0.2, 0.25) is 10.0 Å². The van der Waals surface area contributed by atoms with Crippen LogP contribution >= 0.6 is 0 Å². The van der Waals surface area contributed by atoms with Gasteiger partial charge in [-0.25, -0.2) is 13.1 Å². The van der Waals surface area contributed by atoms with Gasteiger partial charge in [-0.05, 0) is 41.3 Å². The number of sulfonamides is 1. The number of nitrogens with two attached hydrogens (primary N) is 1. The lowest BCUT2D eigenvalue weighted by Gasteiger charge is -2.14. The van der Waals surface area contributed by atoms with Crippen molar-refractivity contribution in [3.05, 3.63) is 83.6 Å². The maximum absolute atomic E-state index is 13.1. The zero-order valence-corrected chi connectivity index (χ0v) is 18.0. The largest absolute Gasteiger partial charge is 0.384 e. The molecule has 0 atom stereocenters. The molecular formula is C24H22N4O3S. The molecule has 7 nitrogen and oxygen atoms in total. The molecule has 1 amide bonds. The number of hydrogen-bond acceptors (Lipinski definition) is 4. The fourth-order valence-corrected chi connectivity index (χ4v) is 5.31. The molecule has 3 aromatic carbocycles. The number of rotatable bonds is 6. The molecule has 0 aliphatic heterocycles. The van der Waals surface area contributed by atoms with Crippen molar-refractivity contribution in [3.63, 3.8) is 0 Å². The minimum atomic E-state index is -3.68. The predicted octanol–water partition coefficient (Wildman–Crippen LogP) is 3.35. The molecule has 5 rings (SSSR count). The molecule has 8 heteroatoms. The first kappa shape index (κ1) is 20.3. The van der Waals surface area contributed by atoms with Crippen molar-refractivity contribution in [1.29, 1.82) is 5.41 Å². The van der Waals surface area contributed by atoms with Gasteiger partial charge in [-0.2, -0.15) is 0 Å². The highest BCUT2D eigenvalue weighted by Crippen LogP contribution is 2.29. The summed E-state index contributed by atoms with van der Waals surface area (Å²) in [5.41, 5.74) is 8.17. The number of amidine groups is 1. The van der Waals surface area contributed by atoms with Crippen LogP contribution in [-0.4, -0.2) is 30.0 Å². The second-order valence-corrected chi connectivity index (χ2v) is 10.1.